The van der Waals surface area contributed by atoms with Gasteiger partial charge < -0.3 is 9.47 Å². The van der Waals surface area contributed by atoms with Crippen LogP contribution in [0.3, 0.4) is 0 Å². The Balaban J connectivity index is 1.32. The van der Waals surface area contributed by atoms with E-state index in [0.717, 1.165) is 5.75 Å². The quantitative estimate of drug-likeness (QED) is 0.571. The predicted octanol–water partition coefficient (Wildman–Crippen LogP) is 3.76. The summed E-state index contributed by atoms with van der Waals surface area (Å²) in [4.78, 5) is 1.30. The van der Waals surface area contributed by atoms with Gasteiger partial charge in [0.1, 0.15) is 6.10 Å². The molecule has 1 aliphatic heterocycles. The zero-order valence-electron chi connectivity index (χ0n) is 11.3. The molecule has 0 spiro atoms. The van der Waals surface area contributed by atoms with Crippen molar-refractivity contribution in [2.24, 2.45) is 0 Å². The first-order chi connectivity index (χ1) is 9.92. The minimum absolute atomic E-state index is 0.273. The molecule has 0 amide bonds. The van der Waals surface area contributed by atoms with E-state index >= 15 is 0 Å². The summed E-state index contributed by atoms with van der Waals surface area (Å²) in [5.74, 6) is 1.00. The van der Waals surface area contributed by atoms with E-state index in [2.05, 4.69) is 36.4 Å². The van der Waals surface area contributed by atoms with Crippen LogP contribution < -0.4 is 0 Å². The lowest BCUT2D eigenvalue weighted by Crippen LogP contribution is -2.06. The highest BCUT2D eigenvalue weighted by Gasteiger charge is 2.38. The SMILES string of the molecule is c1ccc(COCC2OC2CSc2ccccc2)cc1. The highest BCUT2D eigenvalue weighted by molar-refractivity contribution is 7.99. The highest BCUT2D eigenvalue weighted by atomic mass is 32.2. The van der Waals surface area contributed by atoms with E-state index < -0.39 is 0 Å². The van der Waals surface area contributed by atoms with Gasteiger partial charge in [-0.1, -0.05) is 48.5 Å². The van der Waals surface area contributed by atoms with E-state index in [9.17, 15) is 0 Å². The topological polar surface area (TPSA) is 21.8 Å². The van der Waals surface area contributed by atoms with Gasteiger partial charge in [-0.05, 0) is 17.7 Å². The van der Waals surface area contributed by atoms with Gasteiger partial charge in [0, 0.05) is 10.6 Å². The Morgan fingerprint density at radius 1 is 0.900 bits per heavy atom. The molecule has 0 saturated carbocycles. The molecule has 0 aliphatic carbocycles. The first-order valence-electron chi connectivity index (χ1n) is 6.87. The average Bonchev–Trinajstić information content (AvgIpc) is 3.26. The summed E-state index contributed by atoms with van der Waals surface area (Å²) in [6, 6.07) is 20.7. The third-order valence-electron chi connectivity index (χ3n) is 3.24. The fourth-order valence-electron chi connectivity index (χ4n) is 2.03. The van der Waals surface area contributed by atoms with Crippen molar-refractivity contribution in [2.75, 3.05) is 12.4 Å². The number of rotatable bonds is 7. The second kappa shape index (κ2) is 6.93. The maximum atomic E-state index is 5.69. The van der Waals surface area contributed by atoms with Crippen LogP contribution in [0.25, 0.3) is 0 Å². The lowest BCUT2D eigenvalue weighted by atomic mass is 10.2. The number of epoxide rings is 1. The molecule has 1 heterocycles. The molecule has 1 fully saturated rings. The van der Waals surface area contributed by atoms with Crippen LogP contribution in [0.5, 0.6) is 0 Å². The van der Waals surface area contributed by atoms with Crippen LogP contribution in [0.1, 0.15) is 5.56 Å². The molecule has 0 radical (unpaired) electrons. The van der Waals surface area contributed by atoms with Crippen LogP contribution in [0, 0.1) is 0 Å². The van der Waals surface area contributed by atoms with Gasteiger partial charge in [0.25, 0.3) is 0 Å². The Morgan fingerprint density at radius 3 is 2.35 bits per heavy atom. The van der Waals surface area contributed by atoms with E-state index in [1.807, 2.05) is 36.0 Å². The zero-order valence-corrected chi connectivity index (χ0v) is 12.1. The van der Waals surface area contributed by atoms with Crippen molar-refractivity contribution in [3.8, 4) is 0 Å². The number of ether oxygens (including phenoxy) is 2. The Kier molecular flexibility index (Phi) is 4.74. The van der Waals surface area contributed by atoms with Crippen LogP contribution >= 0.6 is 11.8 Å². The summed E-state index contributed by atoms with van der Waals surface area (Å²) in [6.45, 7) is 1.36. The van der Waals surface area contributed by atoms with Gasteiger partial charge in [-0.25, -0.2) is 0 Å². The summed E-state index contributed by atoms with van der Waals surface area (Å²) in [7, 11) is 0. The van der Waals surface area contributed by atoms with Crippen molar-refractivity contribution in [1.82, 2.24) is 0 Å². The van der Waals surface area contributed by atoms with Gasteiger partial charge in [0.2, 0.25) is 0 Å². The van der Waals surface area contributed by atoms with Crippen LogP contribution in [0.4, 0.5) is 0 Å². The zero-order chi connectivity index (χ0) is 13.6. The van der Waals surface area contributed by atoms with Crippen molar-refractivity contribution in [3.63, 3.8) is 0 Å². The van der Waals surface area contributed by atoms with Gasteiger partial charge in [0.15, 0.2) is 0 Å². The van der Waals surface area contributed by atoms with E-state index in [0.29, 0.717) is 19.3 Å². The summed E-state index contributed by atoms with van der Waals surface area (Å²) in [5.41, 5.74) is 1.21. The molecular weight excluding hydrogens is 268 g/mol. The Morgan fingerprint density at radius 2 is 1.60 bits per heavy atom. The van der Waals surface area contributed by atoms with Crippen LogP contribution in [-0.4, -0.2) is 24.6 Å². The normalized spacial score (nSPS) is 20.8. The van der Waals surface area contributed by atoms with Gasteiger partial charge >= 0.3 is 0 Å². The second-order valence-electron chi connectivity index (χ2n) is 4.84. The van der Waals surface area contributed by atoms with E-state index in [-0.39, 0.29) is 6.10 Å². The van der Waals surface area contributed by atoms with Crippen molar-refractivity contribution in [2.45, 2.75) is 23.7 Å². The highest BCUT2D eigenvalue weighted by Crippen LogP contribution is 2.29. The van der Waals surface area contributed by atoms with Crippen molar-refractivity contribution < 1.29 is 9.47 Å². The minimum atomic E-state index is 0.273. The molecule has 20 heavy (non-hydrogen) atoms. The van der Waals surface area contributed by atoms with Gasteiger partial charge in [-0.3, -0.25) is 0 Å². The third-order valence-corrected chi connectivity index (χ3v) is 4.34. The molecule has 2 atom stereocenters. The average molecular weight is 286 g/mol. The molecule has 0 bridgehead atoms. The smallest absolute Gasteiger partial charge is 0.108 e. The number of hydrogen-bond acceptors (Lipinski definition) is 3. The Hall–Kier alpha value is -1.29. The summed E-state index contributed by atoms with van der Waals surface area (Å²) in [6.07, 6.45) is 0.617. The van der Waals surface area contributed by atoms with E-state index in [1.54, 1.807) is 0 Å². The number of thioether (sulfide) groups is 1. The standard InChI is InChI=1S/C17H18O2S/c1-3-7-14(8-4-1)11-18-12-16-17(19-16)13-20-15-9-5-2-6-10-15/h1-10,16-17H,11-13H2. The predicted molar refractivity (Wildman–Crippen MR) is 81.9 cm³/mol. The molecule has 0 N–H and O–H groups in total. The molecule has 1 aliphatic rings. The van der Waals surface area contributed by atoms with E-state index in [1.165, 1.54) is 10.5 Å². The first-order valence-corrected chi connectivity index (χ1v) is 7.85. The van der Waals surface area contributed by atoms with Crippen LogP contribution in [-0.2, 0) is 16.1 Å². The summed E-state index contributed by atoms with van der Waals surface area (Å²) in [5, 5.41) is 0. The molecule has 2 aromatic carbocycles. The first kappa shape index (κ1) is 13.7. The summed E-state index contributed by atoms with van der Waals surface area (Å²) >= 11 is 1.84. The van der Waals surface area contributed by atoms with Gasteiger partial charge in [0.05, 0.1) is 19.3 Å². The monoisotopic (exact) mass is 286 g/mol. The molecule has 0 aromatic heterocycles. The van der Waals surface area contributed by atoms with Crippen LogP contribution in [0.2, 0.25) is 0 Å². The largest absolute Gasteiger partial charge is 0.374 e. The fourth-order valence-corrected chi connectivity index (χ4v) is 3.03. The fraction of sp³-hybridized carbons (Fsp3) is 0.294. The lowest BCUT2D eigenvalue weighted by molar-refractivity contribution is 0.104. The van der Waals surface area contributed by atoms with Crippen molar-refractivity contribution >= 4 is 11.8 Å². The molecule has 3 rings (SSSR count). The van der Waals surface area contributed by atoms with Crippen LogP contribution in [0.15, 0.2) is 65.6 Å². The maximum Gasteiger partial charge on any atom is 0.108 e. The molecule has 2 aromatic rings. The van der Waals surface area contributed by atoms with Crippen molar-refractivity contribution in [1.29, 1.82) is 0 Å². The molecule has 2 nitrogen and oxygen atoms in total. The van der Waals surface area contributed by atoms with Gasteiger partial charge in [-0.2, -0.15) is 0 Å². The molecule has 1 saturated heterocycles. The maximum absolute atomic E-state index is 5.69. The molecule has 3 heteroatoms. The molecule has 104 valence electrons. The van der Waals surface area contributed by atoms with Gasteiger partial charge in [-0.15, -0.1) is 11.8 Å². The second-order valence-corrected chi connectivity index (χ2v) is 5.93. The lowest BCUT2D eigenvalue weighted by Gasteiger charge is -2.02. The van der Waals surface area contributed by atoms with E-state index in [4.69, 9.17) is 9.47 Å². The molecular formula is C17H18O2S. The minimum Gasteiger partial charge on any atom is -0.374 e. The Labute approximate surface area is 124 Å². The Bertz CT molecular complexity index is 515. The number of benzene rings is 2. The third kappa shape index (κ3) is 4.10. The molecule has 2 unspecified atom stereocenters. The number of hydrogen-bond donors (Lipinski definition) is 0. The van der Waals surface area contributed by atoms with Crippen molar-refractivity contribution in [3.05, 3.63) is 66.2 Å². The summed E-state index contributed by atoms with van der Waals surface area (Å²) < 4.78 is 11.3.